The number of nitrogens with one attached hydrogen (secondary N) is 1. The maximum Gasteiger partial charge on any atom is 0.123 e. The minimum Gasteiger partial charge on any atom is -0.387 e. The molecular formula is C15H23FN2O. The Morgan fingerprint density at radius 3 is 2.58 bits per heavy atom. The molecule has 4 heteroatoms. The molecule has 0 amide bonds. The van der Waals surface area contributed by atoms with Crippen molar-refractivity contribution in [3.05, 3.63) is 35.6 Å². The van der Waals surface area contributed by atoms with Crippen molar-refractivity contribution in [1.82, 2.24) is 10.2 Å². The SMILES string of the molecule is OC(CNCCCN1CCCC1)c1ccc(F)cc1. The number of benzene rings is 1. The van der Waals surface area contributed by atoms with E-state index in [0.29, 0.717) is 6.54 Å². The van der Waals surface area contributed by atoms with Gasteiger partial charge >= 0.3 is 0 Å². The molecule has 0 saturated carbocycles. The standard InChI is InChI=1S/C15H23FN2O/c16-14-6-4-13(5-7-14)15(19)12-17-8-3-11-18-9-1-2-10-18/h4-7,15,17,19H,1-3,8-12H2. The first-order valence-electron chi connectivity index (χ1n) is 7.12. The van der Waals surface area contributed by atoms with Crippen molar-refractivity contribution in [3.63, 3.8) is 0 Å². The zero-order valence-electron chi connectivity index (χ0n) is 11.3. The molecule has 0 aliphatic carbocycles. The average molecular weight is 266 g/mol. The Morgan fingerprint density at radius 2 is 1.89 bits per heavy atom. The van der Waals surface area contributed by atoms with Crippen LogP contribution in [0.5, 0.6) is 0 Å². The number of hydrogen-bond donors (Lipinski definition) is 2. The molecule has 1 aliphatic rings. The van der Waals surface area contributed by atoms with Crippen molar-refractivity contribution in [1.29, 1.82) is 0 Å². The van der Waals surface area contributed by atoms with E-state index in [1.807, 2.05) is 0 Å². The molecule has 1 unspecified atom stereocenters. The summed E-state index contributed by atoms with van der Waals surface area (Å²) >= 11 is 0. The van der Waals surface area contributed by atoms with Gasteiger partial charge in [-0.05, 0) is 63.1 Å². The summed E-state index contributed by atoms with van der Waals surface area (Å²) < 4.78 is 12.7. The van der Waals surface area contributed by atoms with Gasteiger partial charge in [-0.25, -0.2) is 4.39 Å². The fraction of sp³-hybridized carbons (Fsp3) is 0.600. The molecular weight excluding hydrogens is 243 g/mol. The topological polar surface area (TPSA) is 35.5 Å². The van der Waals surface area contributed by atoms with Gasteiger partial charge in [0.2, 0.25) is 0 Å². The number of rotatable bonds is 7. The number of aliphatic hydroxyl groups is 1. The van der Waals surface area contributed by atoms with Crippen LogP contribution in [0, 0.1) is 5.82 Å². The second-order valence-corrected chi connectivity index (χ2v) is 5.17. The largest absolute Gasteiger partial charge is 0.387 e. The molecule has 1 aromatic carbocycles. The molecule has 1 atom stereocenters. The van der Waals surface area contributed by atoms with Crippen molar-refractivity contribution in [2.75, 3.05) is 32.7 Å². The van der Waals surface area contributed by atoms with E-state index in [1.54, 1.807) is 12.1 Å². The van der Waals surface area contributed by atoms with Crippen molar-refractivity contribution in [2.24, 2.45) is 0 Å². The van der Waals surface area contributed by atoms with Gasteiger partial charge in [-0.1, -0.05) is 12.1 Å². The molecule has 2 rings (SSSR count). The van der Waals surface area contributed by atoms with Gasteiger partial charge in [0.1, 0.15) is 5.82 Å². The first-order valence-corrected chi connectivity index (χ1v) is 7.12. The monoisotopic (exact) mass is 266 g/mol. The summed E-state index contributed by atoms with van der Waals surface area (Å²) in [6.07, 6.45) is 3.20. The highest BCUT2D eigenvalue weighted by Gasteiger charge is 2.10. The van der Waals surface area contributed by atoms with Crippen LogP contribution >= 0.6 is 0 Å². The number of aliphatic hydroxyl groups excluding tert-OH is 1. The van der Waals surface area contributed by atoms with Crippen LogP contribution in [0.4, 0.5) is 4.39 Å². The van der Waals surface area contributed by atoms with Crippen LogP contribution in [0.1, 0.15) is 30.9 Å². The minimum absolute atomic E-state index is 0.269. The minimum atomic E-state index is -0.563. The molecule has 2 N–H and O–H groups in total. The third-order valence-corrected chi connectivity index (χ3v) is 3.62. The molecule has 19 heavy (non-hydrogen) atoms. The smallest absolute Gasteiger partial charge is 0.123 e. The van der Waals surface area contributed by atoms with Crippen molar-refractivity contribution in [3.8, 4) is 0 Å². The van der Waals surface area contributed by atoms with Gasteiger partial charge in [0.25, 0.3) is 0 Å². The van der Waals surface area contributed by atoms with Gasteiger partial charge in [-0.3, -0.25) is 0 Å². The molecule has 0 spiro atoms. The molecule has 3 nitrogen and oxygen atoms in total. The molecule has 1 heterocycles. The van der Waals surface area contributed by atoms with E-state index in [-0.39, 0.29) is 5.82 Å². The van der Waals surface area contributed by atoms with E-state index in [4.69, 9.17) is 0 Å². The summed E-state index contributed by atoms with van der Waals surface area (Å²) in [5.74, 6) is -0.269. The fourth-order valence-corrected chi connectivity index (χ4v) is 2.48. The zero-order chi connectivity index (χ0) is 13.5. The Morgan fingerprint density at radius 1 is 1.21 bits per heavy atom. The van der Waals surface area contributed by atoms with Crippen LogP contribution in [-0.4, -0.2) is 42.7 Å². The van der Waals surface area contributed by atoms with E-state index in [9.17, 15) is 9.50 Å². The predicted molar refractivity (Wildman–Crippen MR) is 74.5 cm³/mol. The van der Waals surface area contributed by atoms with Gasteiger partial charge < -0.3 is 15.3 Å². The number of halogens is 1. The normalized spacial score (nSPS) is 17.8. The highest BCUT2D eigenvalue weighted by molar-refractivity contribution is 5.18. The second kappa shape index (κ2) is 7.58. The Labute approximate surface area is 114 Å². The lowest BCUT2D eigenvalue weighted by molar-refractivity contribution is 0.174. The predicted octanol–water partition coefficient (Wildman–Crippen LogP) is 1.93. The number of hydrogen-bond acceptors (Lipinski definition) is 3. The van der Waals surface area contributed by atoms with Crippen molar-refractivity contribution in [2.45, 2.75) is 25.4 Å². The maximum atomic E-state index is 12.7. The summed E-state index contributed by atoms with van der Waals surface area (Å²) in [5, 5.41) is 13.2. The molecule has 1 saturated heterocycles. The molecule has 106 valence electrons. The Kier molecular flexibility index (Phi) is 5.76. The Hall–Kier alpha value is -0.970. The van der Waals surface area contributed by atoms with Gasteiger partial charge in [0, 0.05) is 6.54 Å². The summed E-state index contributed by atoms with van der Waals surface area (Å²) in [4.78, 5) is 2.48. The van der Waals surface area contributed by atoms with Gasteiger partial charge in [-0.2, -0.15) is 0 Å². The number of likely N-dealkylation sites (tertiary alicyclic amines) is 1. The quantitative estimate of drug-likeness (QED) is 0.740. The van der Waals surface area contributed by atoms with Gasteiger partial charge in [0.05, 0.1) is 6.10 Å². The van der Waals surface area contributed by atoms with E-state index in [0.717, 1.165) is 25.1 Å². The van der Waals surface area contributed by atoms with Crippen molar-refractivity contribution < 1.29 is 9.50 Å². The lowest BCUT2D eigenvalue weighted by Gasteiger charge is -2.15. The number of nitrogens with zero attached hydrogens (tertiary/aromatic N) is 1. The Balaban J connectivity index is 1.58. The van der Waals surface area contributed by atoms with Crippen LogP contribution in [0.15, 0.2) is 24.3 Å². The van der Waals surface area contributed by atoms with E-state index < -0.39 is 6.10 Å². The molecule has 0 radical (unpaired) electrons. The van der Waals surface area contributed by atoms with Crippen LogP contribution in [-0.2, 0) is 0 Å². The third-order valence-electron chi connectivity index (χ3n) is 3.62. The molecule has 1 aromatic rings. The summed E-state index contributed by atoms with van der Waals surface area (Å²) in [6.45, 7) is 5.04. The van der Waals surface area contributed by atoms with Crippen LogP contribution in [0.25, 0.3) is 0 Å². The van der Waals surface area contributed by atoms with E-state index >= 15 is 0 Å². The first-order chi connectivity index (χ1) is 9.25. The highest BCUT2D eigenvalue weighted by atomic mass is 19.1. The van der Waals surface area contributed by atoms with Gasteiger partial charge in [-0.15, -0.1) is 0 Å². The van der Waals surface area contributed by atoms with Gasteiger partial charge in [0.15, 0.2) is 0 Å². The molecule has 0 bridgehead atoms. The van der Waals surface area contributed by atoms with Crippen LogP contribution in [0.3, 0.4) is 0 Å². The molecule has 1 fully saturated rings. The lowest BCUT2D eigenvalue weighted by Crippen LogP contribution is -2.27. The summed E-state index contributed by atoms with van der Waals surface area (Å²) in [7, 11) is 0. The fourth-order valence-electron chi connectivity index (χ4n) is 2.48. The maximum absolute atomic E-state index is 12.7. The highest BCUT2D eigenvalue weighted by Crippen LogP contribution is 2.12. The van der Waals surface area contributed by atoms with Crippen LogP contribution in [0.2, 0.25) is 0 Å². The van der Waals surface area contributed by atoms with Crippen LogP contribution < -0.4 is 5.32 Å². The second-order valence-electron chi connectivity index (χ2n) is 5.17. The van der Waals surface area contributed by atoms with E-state index in [2.05, 4.69) is 10.2 Å². The Bertz CT molecular complexity index is 363. The molecule has 0 aromatic heterocycles. The van der Waals surface area contributed by atoms with Crippen molar-refractivity contribution >= 4 is 0 Å². The third kappa shape index (κ3) is 4.90. The van der Waals surface area contributed by atoms with E-state index in [1.165, 1.54) is 38.1 Å². The summed E-state index contributed by atoms with van der Waals surface area (Å²) in [6, 6.07) is 6.02. The average Bonchev–Trinajstić information content (AvgIpc) is 2.92. The summed E-state index contributed by atoms with van der Waals surface area (Å²) in [5.41, 5.74) is 0.758. The lowest BCUT2D eigenvalue weighted by atomic mass is 10.1. The molecule has 1 aliphatic heterocycles. The zero-order valence-corrected chi connectivity index (χ0v) is 11.3. The first kappa shape index (κ1) is 14.4.